The van der Waals surface area contributed by atoms with Crippen LogP contribution in [0.15, 0.2) is 33.2 Å². The Kier molecular flexibility index (Phi) is 8.32. The van der Waals surface area contributed by atoms with Gasteiger partial charge in [0.25, 0.3) is 0 Å². The van der Waals surface area contributed by atoms with Gasteiger partial charge in [-0.15, -0.1) is 11.3 Å². The van der Waals surface area contributed by atoms with Crippen LogP contribution in [0, 0.1) is 6.92 Å². The van der Waals surface area contributed by atoms with E-state index in [0.29, 0.717) is 0 Å². The molecule has 0 amide bonds. The average Bonchev–Trinajstić information content (AvgIpc) is 3.36. The Morgan fingerprint density at radius 2 is 2.25 bits per heavy atom. The highest BCUT2D eigenvalue weighted by Crippen LogP contribution is 2.10. The SMILES string of the molecule is Cc1nc(CN(C)C(=NCCCN2CCOCC2)NCCc2ccco2)cs1. The predicted molar refractivity (Wildman–Crippen MR) is 113 cm³/mol. The van der Waals surface area contributed by atoms with E-state index >= 15 is 0 Å². The lowest BCUT2D eigenvalue weighted by Gasteiger charge is -2.26. The number of nitrogens with one attached hydrogen (secondary N) is 1. The van der Waals surface area contributed by atoms with Crippen LogP contribution in [-0.4, -0.2) is 73.7 Å². The summed E-state index contributed by atoms with van der Waals surface area (Å²) in [5, 5.41) is 6.69. The number of nitrogens with zero attached hydrogens (tertiary/aromatic N) is 4. The number of hydrogen-bond acceptors (Lipinski definition) is 6. The fourth-order valence-electron chi connectivity index (χ4n) is 3.17. The second-order valence-corrected chi connectivity index (χ2v) is 8.05. The van der Waals surface area contributed by atoms with Gasteiger partial charge < -0.3 is 19.4 Å². The van der Waals surface area contributed by atoms with E-state index in [1.165, 1.54) is 0 Å². The zero-order chi connectivity index (χ0) is 19.6. The second-order valence-electron chi connectivity index (χ2n) is 6.98. The third kappa shape index (κ3) is 6.92. The first-order valence-corrected chi connectivity index (χ1v) is 10.8. The van der Waals surface area contributed by atoms with Gasteiger partial charge >= 0.3 is 0 Å². The Bertz CT molecular complexity index is 710. The van der Waals surface area contributed by atoms with Crippen LogP contribution in [-0.2, 0) is 17.7 Å². The summed E-state index contributed by atoms with van der Waals surface area (Å²) in [5.74, 6) is 1.90. The Morgan fingerprint density at radius 3 is 2.96 bits per heavy atom. The van der Waals surface area contributed by atoms with Gasteiger partial charge in [0.15, 0.2) is 5.96 Å². The van der Waals surface area contributed by atoms with Crippen molar-refractivity contribution in [1.29, 1.82) is 0 Å². The summed E-state index contributed by atoms with van der Waals surface area (Å²) in [7, 11) is 2.06. The number of ether oxygens (including phenoxy) is 1. The Morgan fingerprint density at radius 1 is 1.39 bits per heavy atom. The highest BCUT2D eigenvalue weighted by atomic mass is 32.1. The van der Waals surface area contributed by atoms with Crippen molar-refractivity contribution in [2.75, 3.05) is 53.0 Å². The number of aromatic nitrogens is 1. The largest absolute Gasteiger partial charge is 0.469 e. The lowest BCUT2D eigenvalue weighted by molar-refractivity contribution is 0.0377. The first-order valence-electron chi connectivity index (χ1n) is 9.93. The van der Waals surface area contributed by atoms with Crippen molar-refractivity contribution in [1.82, 2.24) is 20.1 Å². The van der Waals surface area contributed by atoms with E-state index in [-0.39, 0.29) is 0 Å². The van der Waals surface area contributed by atoms with Gasteiger partial charge in [0.05, 0.1) is 36.7 Å². The second kappa shape index (κ2) is 11.2. The summed E-state index contributed by atoms with van der Waals surface area (Å²) in [6, 6.07) is 3.93. The number of morpholine rings is 1. The number of hydrogen-bond donors (Lipinski definition) is 1. The smallest absolute Gasteiger partial charge is 0.194 e. The van der Waals surface area contributed by atoms with E-state index in [1.54, 1.807) is 17.6 Å². The zero-order valence-electron chi connectivity index (χ0n) is 16.9. The van der Waals surface area contributed by atoms with Crippen LogP contribution in [0.25, 0.3) is 0 Å². The summed E-state index contributed by atoms with van der Waals surface area (Å²) in [6.07, 6.45) is 3.60. The molecule has 8 heteroatoms. The lowest BCUT2D eigenvalue weighted by atomic mass is 10.3. The average molecular weight is 406 g/mol. The molecule has 1 aliphatic heterocycles. The maximum absolute atomic E-state index is 5.42. The molecule has 1 aliphatic rings. The van der Waals surface area contributed by atoms with Crippen molar-refractivity contribution >= 4 is 17.3 Å². The van der Waals surface area contributed by atoms with Gasteiger partial charge in [-0.05, 0) is 25.5 Å². The monoisotopic (exact) mass is 405 g/mol. The molecule has 154 valence electrons. The molecule has 2 aromatic heterocycles. The van der Waals surface area contributed by atoms with Gasteiger partial charge in [-0.3, -0.25) is 9.89 Å². The molecule has 2 aromatic rings. The van der Waals surface area contributed by atoms with Crippen LogP contribution in [0.5, 0.6) is 0 Å². The van der Waals surface area contributed by atoms with Crippen molar-refractivity contribution in [3.05, 3.63) is 40.2 Å². The molecule has 0 bridgehead atoms. The molecule has 0 unspecified atom stereocenters. The van der Waals surface area contributed by atoms with E-state index < -0.39 is 0 Å². The van der Waals surface area contributed by atoms with Crippen molar-refractivity contribution < 1.29 is 9.15 Å². The maximum atomic E-state index is 5.42. The van der Waals surface area contributed by atoms with Crippen LogP contribution in [0.4, 0.5) is 0 Å². The molecular formula is C20H31N5O2S. The van der Waals surface area contributed by atoms with Crippen LogP contribution >= 0.6 is 11.3 Å². The standard InChI is InChI=1S/C20H31N5O2S/c1-17-23-18(16-28-17)15-24(2)20(22-8-6-19-5-3-12-27-19)21-7-4-9-25-10-13-26-14-11-25/h3,5,12,16H,4,6-11,13-15H2,1-2H3,(H,21,22). The molecule has 7 nitrogen and oxygen atoms in total. The molecule has 0 radical (unpaired) electrons. The van der Waals surface area contributed by atoms with Gasteiger partial charge in [-0.2, -0.15) is 0 Å². The summed E-state index contributed by atoms with van der Waals surface area (Å²) in [4.78, 5) is 14.0. The summed E-state index contributed by atoms with van der Waals surface area (Å²) in [5.41, 5.74) is 1.08. The highest BCUT2D eigenvalue weighted by Gasteiger charge is 2.11. The number of guanidine groups is 1. The molecule has 0 aromatic carbocycles. The number of thiazole rings is 1. The van der Waals surface area contributed by atoms with E-state index in [0.717, 1.165) is 87.7 Å². The summed E-state index contributed by atoms with van der Waals surface area (Å²) < 4.78 is 10.8. The summed E-state index contributed by atoms with van der Waals surface area (Å²) in [6.45, 7) is 9.20. The van der Waals surface area contributed by atoms with Crippen molar-refractivity contribution in [2.24, 2.45) is 4.99 Å². The Balaban J connectivity index is 1.50. The van der Waals surface area contributed by atoms with Crippen LogP contribution < -0.4 is 5.32 Å². The van der Waals surface area contributed by atoms with Crippen molar-refractivity contribution in [3.8, 4) is 0 Å². The lowest BCUT2D eigenvalue weighted by Crippen LogP contribution is -2.40. The first kappa shape index (κ1) is 20.8. The number of rotatable bonds is 9. The zero-order valence-corrected chi connectivity index (χ0v) is 17.7. The molecule has 0 saturated carbocycles. The Labute approximate surface area is 171 Å². The first-order chi connectivity index (χ1) is 13.7. The molecule has 0 aliphatic carbocycles. The number of aryl methyl sites for hydroxylation is 1. The third-order valence-electron chi connectivity index (χ3n) is 4.66. The Hall–Kier alpha value is -1.90. The predicted octanol–water partition coefficient (Wildman–Crippen LogP) is 2.39. The molecule has 0 atom stereocenters. The van der Waals surface area contributed by atoms with E-state index in [9.17, 15) is 0 Å². The molecule has 3 heterocycles. The topological polar surface area (TPSA) is 66.1 Å². The molecule has 28 heavy (non-hydrogen) atoms. The minimum absolute atomic E-state index is 0.750. The van der Waals surface area contributed by atoms with Gasteiger partial charge in [0.1, 0.15) is 5.76 Å². The third-order valence-corrected chi connectivity index (χ3v) is 5.48. The van der Waals surface area contributed by atoms with E-state index in [1.807, 2.05) is 19.1 Å². The number of furan rings is 1. The van der Waals surface area contributed by atoms with Crippen LogP contribution in [0.1, 0.15) is 22.9 Å². The molecule has 0 spiro atoms. The summed E-state index contributed by atoms with van der Waals surface area (Å²) >= 11 is 1.69. The number of aliphatic imine (C=N–C) groups is 1. The molecule has 3 rings (SSSR count). The van der Waals surface area contributed by atoms with E-state index in [4.69, 9.17) is 14.1 Å². The van der Waals surface area contributed by atoms with Crippen LogP contribution in [0.3, 0.4) is 0 Å². The normalized spacial score (nSPS) is 15.7. The van der Waals surface area contributed by atoms with Gasteiger partial charge in [0, 0.05) is 51.6 Å². The fourth-order valence-corrected chi connectivity index (χ4v) is 3.77. The van der Waals surface area contributed by atoms with E-state index in [2.05, 4.69) is 32.5 Å². The minimum Gasteiger partial charge on any atom is -0.469 e. The minimum atomic E-state index is 0.750. The maximum Gasteiger partial charge on any atom is 0.194 e. The molecule has 1 fully saturated rings. The van der Waals surface area contributed by atoms with Crippen molar-refractivity contribution in [2.45, 2.75) is 26.3 Å². The highest BCUT2D eigenvalue weighted by molar-refractivity contribution is 7.09. The fraction of sp³-hybridized carbons (Fsp3) is 0.600. The molecule has 1 saturated heterocycles. The molecule has 1 N–H and O–H groups in total. The van der Waals surface area contributed by atoms with Gasteiger partial charge in [-0.25, -0.2) is 4.98 Å². The van der Waals surface area contributed by atoms with Crippen molar-refractivity contribution in [3.63, 3.8) is 0 Å². The molecular weight excluding hydrogens is 374 g/mol. The van der Waals surface area contributed by atoms with Gasteiger partial charge in [-0.1, -0.05) is 0 Å². The van der Waals surface area contributed by atoms with Crippen LogP contribution in [0.2, 0.25) is 0 Å². The van der Waals surface area contributed by atoms with Gasteiger partial charge in [0.2, 0.25) is 0 Å². The quantitative estimate of drug-likeness (QED) is 0.393.